The predicted molar refractivity (Wildman–Crippen MR) is 245 cm³/mol. The number of nitrogens with one attached hydrogen (secondary N) is 2. The fraction of sp³-hybridized carbons (Fsp3) is 0.562. The van der Waals surface area contributed by atoms with E-state index in [1.807, 2.05) is 40.3 Å². The lowest BCUT2D eigenvalue weighted by molar-refractivity contribution is -0.137. The molecule has 6 aliphatic rings. The van der Waals surface area contributed by atoms with Crippen LogP contribution in [0, 0.1) is 6.92 Å². The summed E-state index contributed by atoms with van der Waals surface area (Å²) in [6, 6.07) is 8.04. The molecule has 0 bridgehead atoms. The Morgan fingerprint density at radius 3 is 2.48 bits per heavy atom. The summed E-state index contributed by atoms with van der Waals surface area (Å²) < 4.78 is 20.5. The quantitative estimate of drug-likeness (QED) is 0.149. The van der Waals surface area contributed by atoms with E-state index in [1.54, 1.807) is 17.7 Å². The number of hydrogen-bond acceptors (Lipinski definition) is 14. The zero-order valence-electron chi connectivity index (χ0n) is 37.6. The molecular formula is C48H60N10O7. The molecule has 10 rings (SSSR count). The summed E-state index contributed by atoms with van der Waals surface area (Å²) in [4.78, 5) is 75.1. The zero-order chi connectivity index (χ0) is 44.7. The number of likely N-dealkylation sites (tertiary alicyclic amines) is 1. The second kappa shape index (κ2) is 18.3. The summed E-state index contributed by atoms with van der Waals surface area (Å²) >= 11 is 0. The molecule has 1 spiro atoms. The normalized spacial score (nSPS) is 21.0. The number of carbonyl (C=O) groups excluding carboxylic acids is 3. The van der Waals surface area contributed by atoms with Crippen LogP contribution in [0.5, 0.6) is 11.5 Å². The largest absolute Gasteiger partial charge is 0.485 e. The minimum atomic E-state index is -0.479. The van der Waals surface area contributed by atoms with Crippen molar-refractivity contribution >= 4 is 46.1 Å². The van der Waals surface area contributed by atoms with Gasteiger partial charge in [0.05, 0.1) is 37.1 Å². The van der Waals surface area contributed by atoms with Crippen LogP contribution in [0.1, 0.15) is 103 Å². The van der Waals surface area contributed by atoms with Crippen LogP contribution in [0.3, 0.4) is 0 Å². The van der Waals surface area contributed by atoms with Crippen molar-refractivity contribution in [2.45, 2.75) is 95.9 Å². The molecular weight excluding hydrogens is 829 g/mol. The minimum absolute atomic E-state index is 0.0105. The van der Waals surface area contributed by atoms with Crippen molar-refractivity contribution in [3.63, 3.8) is 0 Å². The number of Topliss-reactive ketones (excluding diaryl/α,β-unsaturated/α-hetero) is 1. The number of amides is 2. The minimum Gasteiger partial charge on any atom is -0.485 e. The van der Waals surface area contributed by atoms with Gasteiger partial charge in [0, 0.05) is 101 Å². The van der Waals surface area contributed by atoms with E-state index < -0.39 is 5.60 Å². The second-order valence-corrected chi connectivity index (χ2v) is 18.7. The van der Waals surface area contributed by atoms with Gasteiger partial charge in [0.15, 0.2) is 17.3 Å². The number of anilines is 3. The van der Waals surface area contributed by atoms with Gasteiger partial charge in [-0.25, -0.2) is 9.97 Å². The molecule has 1 saturated carbocycles. The number of aromatic nitrogens is 4. The van der Waals surface area contributed by atoms with E-state index in [-0.39, 0.29) is 40.8 Å². The Balaban J connectivity index is 0.643. The van der Waals surface area contributed by atoms with Gasteiger partial charge >= 0.3 is 0 Å². The van der Waals surface area contributed by atoms with Crippen LogP contribution in [0.4, 0.5) is 17.5 Å². The first-order valence-electron chi connectivity index (χ1n) is 23.6. The Labute approximate surface area is 378 Å². The maximum absolute atomic E-state index is 13.6. The molecule has 1 atom stereocenters. The number of carbonyl (C=O) groups is 3. The molecule has 0 radical (unpaired) electrons. The summed E-state index contributed by atoms with van der Waals surface area (Å²) in [6.45, 7) is 12.6. The van der Waals surface area contributed by atoms with Crippen LogP contribution in [0.25, 0.3) is 11.0 Å². The molecule has 3 saturated heterocycles. The van der Waals surface area contributed by atoms with Crippen molar-refractivity contribution in [3.05, 3.63) is 69.3 Å². The van der Waals surface area contributed by atoms with Gasteiger partial charge in [-0.2, -0.15) is 4.98 Å². The molecule has 8 heterocycles. The van der Waals surface area contributed by atoms with E-state index in [4.69, 9.17) is 19.2 Å². The average Bonchev–Trinajstić information content (AvgIpc) is 3.97. The average molecular weight is 889 g/mol. The van der Waals surface area contributed by atoms with E-state index in [2.05, 4.69) is 30.4 Å². The van der Waals surface area contributed by atoms with Gasteiger partial charge in [0.1, 0.15) is 23.7 Å². The number of piperidine rings is 2. The van der Waals surface area contributed by atoms with Crippen molar-refractivity contribution < 1.29 is 28.6 Å². The molecule has 1 unspecified atom stereocenters. The first-order valence-corrected chi connectivity index (χ1v) is 23.6. The number of fused-ring (bicyclic) bond motifs is 3. The highest BCUT2D eigenvalue weighted by Crippen LogP contribution is 2.43. The van der Waals surface area contributed by atoms with Crippen LogP contribution >= 0.6 is 0 Å². The van der Waals surface area contributed by atoms with Crippen LogP contribution in [-0.2, 0) is 16.1 Å². The SMILES string of the molecule is CC(=O)c1c(C)c2cnc(Nc3ccc(N4CCN(CCOCCC(=O)N5CCC6(CC5)COc5cc7c(cc5O6)CN(C5CCCNC5)C7=O)CC4)cn3)nc2n(C2CCCC2)c1=O. The summed E-state index contributed by atoms with van der Waals surface area (Å²) in [5, 5.41) is 7.35. The van der Waals surface area contributed by atoms with Crippen molar-refractivity contribution in [1.29, 1.82) is 0 Å². The third-order valence-corrected chi connectivity index (χ3v) is 14.5. The van der Waals surface area contributed by atoms with Gasteiger partial charge in [-0.15, -0.1) is 0 Å². The number of ketones is 1. The van der Waals surface area contributed by atoms with Gasteiger partial charge < -0.3 is 39.5 Å². The molecule has 2 amide bonds. The Hall–Kier alpha value is -5.65. The van der Waals surface area contributed by atoms with Gasteiger partial charge in [0.25, 0.3) is 11.5 Å². The van der Waals surface area contributed by atoms with Crippen LogP contribution in [0.15, 0.2) is 41.5 Å². The molecule has 4 aromatic rings. The lowest BCUT2D eigenvalue weighted by Gasteiger charge is -2.44. The van der Waals surface area contributed by atoms with Crippen LogP contribution in [0.2, 0.25) is 0 Å². The molecule has 5 aliphatic heterocycles. The number of piperazine rings is 1. The number of pyridine rings is 2. The lowest BCUT2D eigenvalue weighted by atomic mass is 9.90. The zero-order valence-corrected chi connectivity index (χ0v) is 37.6. The molecule has 3 aromatic heterocycles. The summed E-state index contributed by atoms with van der Waals surface area (Å²) in [7, 11) is 0. The van der Waals surface area contributed by atoms with Crippen molar-refractivity contribution in [3.8, 4) is 11.5 Å². The maximum atomic E-state index is 13.6. The number of rotatable bonds is 12. The van der Waals surface area contributed by atoms with Gasteiger partial charge in [-0.1, -0.05) is 12.8 Å². The topological polar surface area (TPSA) is 177 Å². The Bertz CT molecular complexity index is 2500. The highest BCUT2D eigenvalue weighted by Gasteiger charge is 2.43. The molecule has 1 aromatic carbocycles. The first-order chi connectivity index (χ1) is 31.6. The van der Waals surface area contributed by atoms with Gasteiger partial charge in [-0.05, 0) is 81.5 Å². The number of nitrogens with zero attached hydrogens (tertiary/aromatic N) is 8. The Morgan fingerprint density at radius 2 is 1.74 bits per heavy atom. The fourth-order valence-electron chi connectivity index (χ4n) is 10.7. The highest BCUT2D eigenvalue weighted by atomic mass is 16.6. The van der Waals surface area contributed by atoms with Crippen LogP contribution in [-0.4, -0.2) is 142 Å². The lowest BCUT2D eigenvalue weighted by Crippen LogP contribution is -2.54. The smallest absolute Gasteiger partial charge is 0.263 e. The molecule has 344 valence electrons. The highest BCUT2D eigenvalue weighted by molar-refractivity contribution is 6.00. The van der Waals surface area contributed by atoms with Crippen molar-refractivity contribution in [2.24, 2.45) is 0 Å². The molecule has 17 heteroatoms. The Morgan fingerprint density at radius 1 is 0.938 bits per heavy atom. The second-order valence-electron chi connectivity index (χ2n) is 18.7. The summed E-state index contributed by atoms with van der Waals surface area (Å²) in [5.41, 5.74) is 3.37. The van der Waals surface area contributed by atoms with Crippen LogP contribution < -0.4 is 30.6 Å². The molecule has 17 nitrogen and oxygen atoms in total. The third kappa shape index (κ3) is 8.77. The summed E-state index contributed by atoms with van der Waals surface area (Å²) in [5.74, 6) is 2.21. The molecule has 2 N–H and O–H groups in total. The number of aryl methyl sites for hydroxylation is 1. The van der Waals surface area contributed by atoms with E-state index in [9.17, 15) is 19.2 Å². The summed E-state index contributed by atoms with van der Waals surface area (Å²) in [6.07, 6.45) is 11.2. The third-order valence-electron chi connectivity index (χ3n) is 14.5. The number of ether oxygens (including phenoxy) is 3. The maximum Gasteiger partial charge on any atom is 0.263 e. The molecule has 65 heavy (non-hydrogen) atoms. The first kappa shape index (κ1) is 43.3. The predicted octanol–water partition coefficient (Wildman–Crippen LogP) is 4.63. The number of hydrogen-bond donors (Lipinski definition) is 2. The van der Waals surface area contributed by atoms with E-state index >= 15 is 0 Å². The standard InChI is InChI=1S/C48H60N10O7/c1-31-38-28-51-47(53-44(38)58(34-6-3-4-7-34)46(62)43(31)32(2)59)52-41-10-9-35(27-50-41)55-19-17-54(18-20-55)21-23-63-22-11-42(60)56-15-12-48(13-16-56)30-64-39-25-37-33(24-40(39)65-48)29-57(45(37)61)36-8-5-14-49-26-36/h9-10,24-25,27-28,34,36,49H,3-8,11-23,26,29-30H2,1-2H3,(H,50,51,52,53). The number of benzene rings is 1. The molecule has 1 aliphatic carbocycles. The van der Waals surface area contributed by atoms with Crippen molar-refractivity contribution in [1.82, 2.24) is 39.5 Å². The molecule has 4 fully saturated rings. The van der Waals surface area contributed by atoms with Crippen molar-refractivity contribution in [2.75, 3.05) is 88.9 Å². The fourth-order valence-corrected chi connectivity index (χ4v) is 10.7. The van der Waals surface area contributed by atoms with E-state index in [1.165, 1.54) is 6.92 Å². The Kier molecular flexibility index (Phi) is 12.2. The monoisotopic (exact) mass is 888 g/mol. The van der Waals surface area contributed by atoms with Gasteiger partial charge in [-0.3, -0.25) is 28.6 Å². The van der Waals surface area contributed by atoms with E-state index in [0.717, 1.165) is 101 Å². The van der Waals surface area contributed by atoms with Gasteiger partial charge in [0.2, 0.25) is 11.9 Å². The van der Waals surface area contributed by atoms with E-state index in [0.29, 0.717) is 98.6 Å².